The minimum atomic E-state index is -4.55. The van der Waals surface area contributed by atoms with Crippen LogP contribution in [0.2, 0.25) is 0 Å². The minimum Gasteiger partial charge on any atom is -0.495 e. The molecule has 194 valence electrons. The topological polar surface area (TPSA) is 77.6 Å². The highest BCUT2D eigenvalue weighted by molar-refractivity contribution is 8.00. The fourth-order valence-electron chi connectivity index (χ4n) is 4.04. The van der Waals surface area contributed by atoms with Crippen LogP contribution in [0.25, 0.3) is 5.65 Å². The fraction of sp³-hybridized carbons (Fsp3) is 0.360. The standard InChI is InChI=1S/C25H24F4N6OS/c1-34-12-9-18(17(26)15-34)32-20-6-4-11-35-23(20)33-21(24(35)37-25(27,28)29)5-3-10-31-19-8-7-16(14-30)13-22(19)36-2/h4,6-8,11,13,17-18,31-32H,9-10,12,15H2,1-2H3/t17-,18+/m0/s1. The van der Waals surface area contributed by atoms with Crippen LogP contribution in [-0.4, -0.2) is 65.8 Å². The zero-order valence-corrected chi connectivity index (χ0v) is 20.9. The largest absolute Gasteiger partial charge is 0.495 e. The maximum atomic E-state index is 14.6. The van der Waals surface area contributed by atoms with Crippen LogP contribution in [0.3, 0.4) is 0 Å². The number of alkyl halides is 4. The molecule has 3 aromatic rings. The summed E-state index contributed by atoms with van der Waals surface area (Å²) in [4.78, 5) is 6.28. The van der Waals surface area contributed by atoms with E-state index < -0.39 is 17.7 Å². The molecule has 7 nitrogen and oxygen atoms in total. The van der Waals surface area contributed by atoms with E-state index in [9.17, 15) is 17.6 Å². The number of aromatic nitrogens is 2. The van der Waals surface area contributed by atoms with Gasteiger partial charge >= 0.3 is 5.51 Å². The van der Waals surface area contributed by atoms with Crippen molar-refractivity contribution in [2.24, 2.45) is 0 Å². The molecule has 2 atom stereocenters. The summed E-state index contributed by atoms with van der Waals surface area (Å²) in [6, 6.07) is 9.65. The van der Waals surface area contributed by atoms with E-state index in [1.807, 2.05) is 18.0 Å². The first-order valence-corrected chi connectivity index (χ1v) is 12.2. The number of pyridine rings is 1. The number of imidazole rings is 1. The average Bonchev–Trinajstić information content (AvgIpc) is 3.20. The van der Waals surface area contributed by atoms with E-state index in [0.717, 1.165) is 0 Å². The Morgan fingerprint density at radius 3 is 2.78 bits per heavy atom. The van der Waals surface area contributed by atoms with Gasteiger partial charge in [-0.05, 0) is 43.7 Å². The number of hydrogen-bond acceptors (Lipinski definition) is 7. The van der Waals surface area contributed by atoms with Crippen LogP contribution in [0.1, 0.15) is 17.7 Å². The predicted octanol–water partition coefficient (Wildman–Crippen LogP) is 4.74. The molecule has 0 saturated carbocycles. The maximum Gasteiger partial charge on any atom is 0.447 e. The van der Waals surface area contributed by atoms with Crippen molar-refractivity contribution in [3.8, 4) is 23.7 Å². The summed E-state index contributed by atoms with van der Waals surface area (Å²) in [5, 5.41) is 15.0. The Labute approximate surface area is 215 Å². The molecule has 1 aliphatic rings. The highest BCUT2D eigenvalue weighted by Gasteiger charge is 2.33. The SMILES string of the molecule is COc1cc(C#N)ccc1NCC#Cc1nc2c(N[C@@H]3CCN(C)C[C@@H]3F)cccn2c1SC(F)(F)F. The first-order valence-electron chi connectivity index (χ1n) is 11.4. The molecule has 1 aliphatic heterocycles. The second-order valence-corrected chi connectivity index (χ2v) is 9.48. The number of nitrogens with one attached hydrogen (secondary N) is 2. The first-order chi connectivity index (χ1) is 17.7. The maximum absolute atomic E-state index is 14.6. The number of benzene rings is 1. The van der Waals surface area contributed by atoms with Crippen LogP contribution in [0.5, 0.6) is 5.75 Å². The quantitative estimate of drug-likeness (QED) is 0.270. The molecule has 1 saturated heterocycles. The molecule has 4 rings (SSSR count). The monoisotopic (exact) mass is 532 g/mol. The number of rotatable bonds is 6. The van der Waals surface area contributed by atoms with E-state index in [-0.39, 0.29) is 41.2 Å². The van der Waals surface area contributed by atoms with E-state index in [2.05, 4.69) is 27.5 Å². The Morgan fingerprint density at radius 2 is 2.08 bits per heavy atom. The van der Waals surface area contributed by atoms with Crippen molar-refractivity contribution in [2.45, 2.75) is 29.2 Å². The van der Waals surface area contributed by atoms with Crippen molar-refractivity contribution >= 4 is 28.8 Å². The lowest BCUT2D eigenvalue weighted by atomic mass is 10.0. The molecular weight excluding hydrogens is 508 g/mol. The van der Waals surface area contributed by atoms with E-state index in [4.69, 9.17) is 10.00 Å². The molecule has 37 heavy (non-hydrogen) atoms. The highest BCUT2D eigenvalue weighted by atomic mass is 32.2. The minimum absolute atomic E-state index is 0.0367. The smallest absolute Gasteiger partial charge is 0.447 e. The summed E-state index contributed by atoms with van der Waals surface area (Å²) >= 11 is -0.298. The number of thioether (sulfide) groups is 1. The summed E-state index contributed by atoms with van der Waals surface area (Å²) in [6.45, 7) is 1.08. The average molecular weight is 533 g/mol. The van der Waals surface area contributed by atoms with Crippen molar-refractivity contribution < 1.29 is 22.3 Å². The normalized spacial score (nSPS) is 18.1. The summed E-state index contributed by atoms with van der Waals surface area (Å²) < 4.78 is 61.4. The second-order valence-electron chi connectivity index (χ2n) is 8.43. The van der Waals surface area contributed by atoms with E-state index in [0.29, 0.717) is 35.7 Å². The lowest BCUT2D eigenvalue weighted by molar-refractivity contribution is -0.0329. The number of nitrogens with zero attached hydrogens (tertiary/aromatic N) is 4. The van der Waals surface area contributed by atoms with E-state index in [1.54, 1.807) is 30.3 Å². The van der Waals surface area contributed by atoms with Gasteiger partial charge in [-0.1, -0.05) is 5.92 Å². The van der Waals surface area contributed by atoms with Gasteiger partial charge in [0.25, 0.3) is 0 Å². The molecule has 1 fully saturated rings. The van der Waals surface area contributed by atoms with Gasteiger partial charge in [-0.15, -0.1) is 0 Å². The van der Waals surface area contributed by atoms with E-state index in [1.165, 1.54) is 17.7 Å². The van der Waals surface area contributed by atoms with Gasteiger partial charge in [0.15, 0.2) is 5.65 Å². The van der Waals surface area contributed by atoms with Gasteiger partial charge in [0, 0.05) is 37.1 Å². The van der Waals surface area contributed by atoms with Crippen LogP contribution in [0, 0.1) is 23.2 Å². The number of nitriles is 1. The van der Waals surface area contributed by atoms with Gasteiger partial charge < -0.3 is 20.3 Å². The molecule has 0 amide bonds. The number of ether oxygens (including phenoxy) is 1. The van der Waals surface area contributed by atoms with Crippen molar-refractivity contribution in [1.82, 2.24) is 14.3 Å². The lowest BCUT2D eigenvalue weighted by Crippen LogP contribution is -2.46. The zero-order chi connectivity index (χ0) is 26.6. The van der Waals surface area contributed by atoms with Crippen LogP contribution >= 0.6 is 11.8 Å². The molecule has 0 radical (unpaired) electrons. The summed E-state index contributed by atoms with van der Waals surface area (Å²) in [5.41, 5.74) is -2.90. The van der Waals surface area contributed by atoms with Gasteiger partial charge in [0.1, 0.15) is 22.6 Å². The molecule has 0 bridgehead atoms. The molecule has 3 heterocycles. The van der Waals surface area contributed by atoms with Crippen molar-refractivity contribution in [3.05, 3.63) is 47.8 Å². The summed E-state index contributed by atoms with van der Waals surface area (Å²) in [5.74, 6) is 5.98. The van der Waals surface area contributed by atoms with Gasteiger partial charge in [-0.25, -0.2) is 9.37 Å². The van der Waals surface area contributed by atoms with E-state index >= 15 is 0 Å². The molecular formula is C25H24F4N6OS. The van der Waals surface area contributed by atoms with Gasteiger partial charge in [-0.2, -0.15) is 18.4 Å². The number of hydrogen-bond donors (Lipinski definition) is 2. The van der Waals surface area contributed by atoms with Gasteiger partial charge in [0.2, 0.25) is 0 Å². The third-order valence-corrected chi connectivity index (χ3v) is 6.62. The lowest BCUT2D eigenvalue weighted by Gasteiger charge is -2.33. The molecule has 0 spiro atoms. The Balaban J connectivity index is 1.61. The Hall–Kier alpha value is -3.61. The molecule has 0 unspecified atom stereocenters. The third kappa shape index (κ3) is 6.40. The summed E-state index contributed by atoms with van der Waals surface area (Å²) in [7, 11) is 3.31. The highest BCUT2D eigenvalue weighted by Crippen LogP contribution is 2.39. The van der Waals surface area contributed by atoms with Gasteiger partial charge in [0.05, 0.1) is 42.7 Å². The predicted molar refractivity (Wildman–Crippen MR) is 135 cm³/mol. The second kappa shape index (κ2) is 11.2. The zero-order valence-electron chi connectivity index (χ0n) is 20.1. The van der Waals surface area contributed by atoms with Crippen LogP contribution in [0.15, 0.2) is 41.6 Å². The van der Waals surface area contributed by atoms with Crippen LogP contribution in [0.4, 0.5) is 28.9 Å². The Morgan fingerprint density at radius 1 is 1.27 bits per heavy atom. The first kappa shape index (κ1) is 26.5. The molecule has 1 aromatic carbocycles. The van der Waals surface area contributed by atoms with Crippen LogP contribution < -0.4 is 15.4 Å². The molecule has 0 aliphatic carbocycles. The van der Waals surface area contributed by atoms with Crippen LogP contribution in [-0.2, 0) is 0 Å². The number of fused-ring (bicyclic) bond motifs is 1. The van der Waals surface area contributed by atoms with Gasteiger partial charge in [-0.3, -0.25) is 4.40 Å². The number of methoxy groups -OCH3 is 1. The molecule has 2 N–H and O–H groups in total. The van der Waals surface area contributed by atoms with Crippen molar-refractivity contribution in [1.29, 1.82) is 5.26 Å². The number of piperidine rings is 1. The number of halogens is 4. The molecule has 12 heteroatoms. The Kier molecular flexibility index (Phi) is 8.00. The van der Waals surface area contributed by atoms with Crippen molar-refractivity contribution in [2.75, 3.05) is 44.4 Å². The third-order valence-electron chi connectivity index (χ3n) is 5.81. The summed E-state index contributed by atoms with van der Waals surface area (Å²) in [6.07, 6.45) is 0.914. The molecule has 2 aromatic heterocycles. The fourth-order valence-corrected chi connectivity index (χ4v) is 4.70. The number of anilines is 2. The van der Waals surface area contributed by atoms with Crippen molar-refractivity contribution in [3.63, 3.8) is 0 Å². The number of likely N-dealkylation sites (tertiary alicyclic amines) is 1. The Bertz CT molecular complexity index is 1370.